The van der Waals surface area contributed by atoms with Gasteiger partial charge >= 0.3 is 0 Å². The number of nitrogen functional groups attached to an aromatic ring is 1. The number of fused-ring (bicyclic) bond motifs is 3. The van der Waals surface area contributed by atoms with Gasteiger partial charge in [-0.1, -0.05) is 25.1 Å². The number of pyridine rings is 1. The lowest BCUT2D eigenvalue weighted by atomic mass is 10.1. The highest BCUT2D eigenvalue weighted by atomic mass is 32.2. The predicted molar refractivity (Wildman–Crippen MR) is 168 cm³/mol. The highest BCUT2D eigenvalue weighted by molar-refractivity contribution is 8.13. The van der Waals surface area contributed by atoms with Crippen molar-refractivity contribution in [2.24, 2.45) is 0 Å². The van der Waals surface area contributed by atoms with Crippen molar-refractivity contribution in [1.82, 2.24) is 24.3 Å². The molecule has 1 saturated heterocycles. The summed E-state index contributed by atoms with van der Waals surface area (Å²) in [5.41, 5.74) is 10.6. The lowest BCUT2D eigenvalue weighted by Crippen LogP contribution is -2.44. The minimum atomic E-state index is 0.180. The Morgan fingerprint density at radius 2 is 1.90 bits per heavy atom. The molecule has 1 aromatic carbocycles. The zero-order chi connectivity index (χ0) is 28.5. The molecule has 0 unspecified atom stereocenters. The molecule has 4 rings (SSSR count). The van der Waals surface area contributed by atoms with Gasteiger partial charge in [0.2, 0.25) is 0 Å². The second-order valence-corrected chi connectivity index (χ2v) is 11.8. The number of piperazine rings is 1. The number of unbranched alkanes of at least 4 members (excludes halogenated alkanes) is 2. The number of anilines is 2. The van der Waals surface area contributed by atoms with Gasteiger partial charge in [-0.2, -0.15) is 0 Å². The van der Waals surface area contributed by atoms with Gasteiger partial charge in [-0.05, 0) is 64.4 Å². The first-order valence-electron chi connectivity index (χ1n) is 14.8. The summed E-state index contributed by atoms with van der Waals surface area (Å²) < 4.78 is 8.06. The van der Waals surface area contributed by atoms with Crippen LogP contribution < -0.4 is 10.6 Å². The van der Waals surface area contributed by atoms with Crippen LogP contribution in [0.2, 0.25) is 0 Å². The predicted octanol–water partition coefficient (Wildman–Crippen LogP) is 4.27. The Morgan fingerprint density at radius 1 is 1.10 bits per heavy atom. The van der Waals surface area contributed by atoms with Gasteiger partial charge in [-0.25, -0.2) is 9.97 Å². The number of imidazole rings is 1. The topological polar surface area (TPSA) is 92.8 Å². The number of nitrogens with two attached hydrogens (primary N) is 1. The van der Waals surface area contributed by atoms with E-state index in [0.717, 1.165) is 106 Å². The summed E-state index contributed by atoms with van der Waals surface area (Å²) in [5, 5.41) is 1.32. The Hall–Kier alpha value is -2.40. The molecule has 2 N–H and O–H groups in total. The van der Waals surface area contributed by atoms with Gasteiger partial charge in [-0.15, -0.1) is 0 Å². The van der Waals surface area contributed by atoms with E-state index in [1.54, 1.807) is 0 Å². The number of thioether (sulfide) groups is 1. The smallest absolute Gasteiger partial charge is 0.190 e. The third-order valence-electron chi connectivity index (χ3n) is 7.85. The molecule has 0 saturated carbocycles. The van der Waals surface area contributed by atoms with Gasteiger partial charge in [0.15, 0.2) is 10.9 Å². The summed E-state index contributed by atoms with van der Waals surface area (Å²) in [4.78, 5) is 28.3. The molecule has 0 spiro atoms. The number of nitrogens with zero attached hydrogens (tertiary/aromatic N) is 6. The van der Waals surface area contributed by atoms with Crippen LogP contribution in [0.3, 0.4) is 0 Å². The van der Waals surface area contributed by atoms with E-state index in [1.807, 2.05) is 6.26 Å². The lowest BCUT2D eigenvalue weighted by molar-refractivity contribution is -0.111. The molecule has 10 heteroatoms. The number of hydrogen-bond acceptors (Lipinski definition) is 9. The van der Waals surface area contributed by atoms with Crippen LogP contribution in [0.25, 0.3) is 21.9 Å². The van der Waals surface area contributed by atoms with Crippen molar-refractivity contribution < 1.29 is 9.53 Å². The maximum atomic E-state index is 11.4. The van der Waals surface area contributed by atoms with Gasteiger partial charge in [-0.3, -0.25) is 4.79 Å². The molecule has 1 aliphatic rings. The second kappa shape index (κ2) is 15.0. The Kier molecular flexibility index (Phi) is 11.5. The molecule has 1 aliphatic heterocycles. The Labute approximate surface area is 243 Å². The van der Waals surface area contributed by atoms with Crippen LogP contribution in [-0.2, 0) is 22.5 Å². The fourth-order valence-corrected chi connectivity index (χ4v) is 5.60. The Morgan fingerprint density at radius 3 is 2.65 bits per heavy atom. The summed E-state index contributed by atoms with van der Waals surface area (Å²) in [6, 6.07) is 6.61. The van der Waals surface area contributed by atoms with E-state index in [1.165, 1.54) is 17.4 Å². The van der Waals surface area contributed by atoms with Crippen molar-refractivity contribution in [2.45, 2.75) is 52.0 Å². The van der Waals surface area contributed by atoms with Crippen LogP contribution in [-0.4, -0.2) is 102 Å². The number of rotatable bonds is 15. The maximum Gasteiger partial charge on any atom is 0.190 e. The van der Waals surface area contributed by atoms with Crippen LogP contribution in [0.4, 0.5) is 11.5 Å². The minimum absolute atomic E-state index is 0.180. The normalized spacial score (nSPS) is 14.7. The number of aromatic nitrogens is 3. The van der Waals surface area contributed by atoms with E-state index in [9.17, 15) is 4.79 Å². The highest BCUT2D eigenvalue weighted by Gasteiger charge is 2.20. The third-order valence-corrected chi connectivity index (χ3v) is 8.51. The molecule has 40 heavy (non-hydrogen) atoms. The number of carbonyl (C=O) groups excluding carboxylic acids is 1. The van der Waals surface area contributed by atoms with Crippen LogP contribution in [0, 0.1) is 0 Å². The molecular formula is C30H47N7O2S. The van der Waals surface area contributed by atoms with Crippen molar-refractivity contribution in [2.75, 3.05) is 83.5 Å². The molecule has 2 aromatic heterocycles. The number of benzene rings is 1. The van der Waals surface area contributed by atoms with E-state index in [-0.39, 0.29) is 5.12 Å². The quantitative estimate of drug-likeness (QED) is 0.269. The molecule has 0 radical (unpaired) electrons. The average Bonchev–Trinajstić information content (AvgIpc) is 3.33. The molecule has 0 amide bonds. The van der Waals surface area contributed by atoms with Gasteiger partial charge < -0.3 is 29.7 Å². The highest BCUT2D eigenvalue weighted by Crippen LogP contribution is 2.32. The van der Waals surface area contributed by atoms with Crippen molar-refractivity contribution >= 4 is 50.3 Å². The number of aryl methyl sites for hydroxylation is 2. The largest absolute Gasteiger partial charge is 0.382 e. The van der Waals surface area contributed by atoms with E-state index in [4.69, 9.17) is 20.4 Å². The monoisotopic (exact) mass is 569 g/mol. The van der Waals surface area contributed by atoms with Crippen molar-refractivity contribution in [3.63, 3.8) is 0 Å². The number of hydrogen-bond donors (Lipinski definition) is 1. The molecule has 0 atom stereocenters. The van der Waals surface area contributed by atoms with Crippen molar-refractivity contribution in [3.8, 4) is 0 Å². The van der Waals surface area contributed by atoms with E-state index >= 15 is 0 Å². The molecule has 3 aromatic rings. The van der Waals surface area contributed by atoms with Crippen molar-refractivity contribution in [1.29, 1.82) is 0 Å². The third kappa shape index (κ3) is 7.87. The Bertz CT molecular complexity index is 1260. The zero-order valence-corrected chi connectivity index (χ0v) is 25.6. The summed E-state index contributed by atoms with van der Waals surface area (Å²) in [6.45, 7) is 10.4. The van der Waals surface area contributed by atoms with Gasteiger partial charge in [0, 0.05) is 63.2 Å². The van der Waals surface area contributed by atoms with Crippen LogP contribution >= 0.6 is 11.8 Å². The molecule has 9 nitrogen and oxygen atoms in total. The van der Waals surface area contributed by atoms with Gasteiger partial charge in [0.1, 0.15) is 11.3 Å². The van der Waals surface area contributed by atoms with Gasteiger partial charge in [0.25, 0.3) is 0 Å². The SMILES string of the molecule is CCCCc1nc2c(N)nc3ccc(N4CCN(C)CC4)cc3c2n1CCCCN(C)CCOCCC(=O)SC. The molecule has 0 aliphatic carbocycles. The lowest BCUT2D eigenvalue weighted by Gasteiger charge is -2.34. The van der Waals surface area contributed by atoms with Crippen molar-refractivity contribution in [3.05, 3.63) is 24.0 Å². The van der Waals surface area contributed by atoms with E-state index in [2.05, 4.69) is 58.5 Å². The number of carbonyl (C=O) groups is 1. The summed E-state index contributed by atoms with van der Waals surface area (Å²) in [7, 11) is 4.32. The second-order valence-electron chi connectivity index (χ2n) is 10.9. The maximum absolute atomic E-state index is 11.4. The minimum Gasteiger partial charge on any atom is -0.382 e. The first kappa shape index (κ1) is 30.6. The molecule has 220 valence electrons. The Balaban J connectivity index is 1.47. The van der Waals surface area contributed by atoms with Crippen LogP contribution in [0.15, 0.2) is 18.2 Å². The summed E-state index contributed by atoms with van der Waals surface area (Å²) in [5.74, 6) is 1.63. The number of likely N-dealkylation sites (N-methyl/N-ethyl adjacent to an activating group) is 2. The summed E-state index contributed by atoms with van der Waals surface area (Å²) >= 11 is 1.27. The van der Waals surface area contributed by atoms with E-state index in [0.29, 0.717) is 25.5 Å². The van der Waals surface area contributed by atoms with E-state index < -0.39 is 0 Å². The molecule has 3 heterocycles. The average molecular weight is 570 g/mol. The molecular weight excluding hydrogens is 522 g/mol. The van der Waals surface area contributed by atoms with Crippen LogP contribution in [0.5, 0.6) is 0 Å². The van der Waals surface area contributed by atoms with Gasteiger partial charge in [0.05, 0.1) is 24.2 Å². The fourth-order valence-electron chi connectivity index (χ4n) is 5.32. The summed E-state index contributed by atoms with van der Waals surface area (Å²) in [6.07, 6.45) is 7.61. The first-order chi connectivity index (χ1) is 19.4. The van der Waals surface area contributed by atoms with Crippen LogP contribution in [0.1, 0.15) is 44.9 Å². The molecule has 1 fully saturated rings. The first-order valence-corrected chi connectivity index (χ1v) is 16.0. The standard InChI is InChI=1S/C30H47N7O2S/c1-5-6-9-26-33-28-29(37(26)14-8-7-13-34(2)19-21-39-20-12-27(38)40-4)24-22-23(10-11-25(24)32-30(28)31)36-17-15-35(3)16-18-36/h10-11,22H,5-9,12-21H2,1-4H3,(H2,31,32). The number of ether oxygens (including phenoxy) is 1. The fraction of sp³-hybridized carbons (Fsp3) is 0.633. The molecule has 0 bridgehead atoms. The zero-order valence-electron chi connectivity index (χ0n) is 24.8.